The Morgan fingerprint density at radius 3 is 2.58 bits per heavy atom. The molecule has 6 rings (SSSR count). The van der Waals surface area contributed by atoms with Crippen LogP contribution in [0.4, 0.5) is 10.5 Å². The number of likely N-dealkylation sites (tertiary alicyclic amines) is 1. The van der Waals surface area contributed by atoms with E-state index in [1.807, 2.05) is 48.4 Å². The van der Waals surface area contributed by atoms with Gasteiger partial charge in [0.25, 0.3) is 5.56 Å². The molecular weight excluding hydrogens is 462 g/mol. The summed E-state index contributed by atoms with van der Waals surface area (Å²) in [5.41, 5.74) is 2.04. The van der Waals surface area contributed by atoms with Crippen LogP contribution in [0.2, 0.25) is 0 Å². The molecule has 1 aromatic carbocycles. The number of anilines is 1. The number of benzene rings is 1. The molecule has 0 bridgehead atoms. The lowest BCUT2D eigenvalue weighted by atomic mass is 9.85. The smallest absolute Gasteiger partial charge is 0.410 e. The third-order valence-electron chi connectivity index (χ3n) is 7.43. The largest absolute Gasteiger partial charge is 0.444 e. The van der Waals surface area contributed by atoms with Gasteiger partial charge in [0.15, 0.2) is 0 Å². The maximum Gasteiger partial charge on any atom is 0.410 e. The summed E-state index contributed by atoms with van der Waals surface area (Å²) >= 11 is 0. The minimum atomic E-state index is -0.540. The summed E-state index contributed by atoms with van der Waals surface area (Å²) < 4.78 is 12.7. The molecule has 2 amide bonds. The van der Waals surface area contributed by atoms with E-state index in [0.29, 0.717) is 57.8 Å². The molecular formula is C26H31N5O5. The first-order chi connectivity index (χ1) is 17.1. The molecule has 5 heterocycles. The van der Waals surface area contributed by atoms with Crippen molar-refractivity contribution in [2.45, 2.75) is 51.6 Å². The van der Waals surface area contributed by atoms with E-state index < -0.39 is 5.60 Å². The summed E-state index contributed by atoms with van der Waals surface area (Å²) in [4.78, 5) is 44.8. The van der Waals surface area contributed by atoms with Gasteiger partial charge in [-0.1, -0.05) is 6.07 Å². The number of piperidine rings is 1. The molecule has 0 radical (unpaired) electrons. The Kier molecular flexibility index (Phi) is 5.15. The number of rotatable bonds is 2. The van der Waals surface area contributed by atoms with Gasteiger partial charge in [-0.2, -0.15) is 5.10 Å². The monoisotopic (exact) mass is 493 g/mol. The molecule has 0 unspecified atom stereocenters. The zero-order chi connectivity index (χ0) is 25.2. The molecule has 1 spiro atoms. The van der Waals surface area contributed by atoms with Crippen molar-refractivity contribution < 1.29 is 19.1 Å². The van der Waals surface area contributed by atoms with Crippen molar-refractivity contribution in [3.63, 3.8) is 0 Å². The summed E-state index contributed by atoms with van der Waals surface area (Å²) in [6.45, 7) is 8.48. The number of fused-ring (bicyclic) bond motifs is 3. The van der Waals surface area contributed by atoms with Crippen molar-refractivity contribution in [1.29, 1.82) is 0 Å². The second kappa shape index (κ2) is 8.06. The van der Waals surface area contributed by atoms with Gasteiger partial charge >= 0.3 is 6.09 Å². The van der Waals surface area contributed by atoms with E-state index in [9.17, 15) is 14.4 Å². The molecule has 0 aliphatic carbocycles. The molecule has 0 atom stereocenters. The van der Waals surface area contributed by atoms with Gasteiger partial charge in [0, 0.05) is 43.5 Å². The lowest BCUT2D eigenvalue weighted by Crippen LogP contribution is -2.44. The highest BCUT2D eigenvalue weighted by Gasteiger charge is 2.49. The standard InChI is InChI=1S/C26H31N5O5/c1-25(2,3)36-24(34)29-9-7-16(8-10-29)19-11-20(32)27-23-22-17(28-31(19)23)5-4-6-18(22)30-13-26(12-21(30)33)14-35-15-26/h4-6,11,16H,7-10,12-15H2,1-3H3,(H,27,32). The Hall–Kier alpha value is -3.40. The molecule has 2 aromatic heterocycles. The van der Waals surface area contributed by atoms with Crippen LogP contribution in [0, 0.1) is 5.41 Å². The van der Waals surface area contributed by atoms with E-state index >= 15 is 0 Å². The van der Waals surface area contributed by atoms with Crippen molar-refractivity contribution in [3.8, 4) is 0 Å². The minimum Gasteiger partial charge on any atom is -0.444 e. The van der Waals surface area contributed by atoms with Crippen LogP contribution in [-0.4, -0.2) is 69.9 Å². The zero-order valence-corrected chi connectivity index (χ0v) is 20.9. The molecule has 0 saturated carbocycles. The number of aromatic amines is 1. The topological polar surface area (TPSA) is 109 Å². The molecule has 3 aromatic rings. The highest BCUT2D eigenvalue weighted by molar-refractivity contribution is 6.09. The Bertz CT molecular complexity index is 1420. The van der Waals surface area contributed by atoms with E-state index in [2.05, 4.69) is 4.98 Å². The minimum absolute atomic E-state index is 0.0649. The Balaban J connectivity index is 1.34. The van der Waals surface area contributed by atoms with Gasteiger partial charge < -0.3 is 24.3 Å². The van der Waals surface area contributed by atoms with E-state index in [4.69, 9.17) is 14.6 Å². The summed E-state index contributed by atoms with van der Waals surface area (Å²) in [6.07, 6.45) is 1.57. The first kappa shape index (κ1) is 23.0. The van der Waals surface area contributed by atoms with Crippen LogP contribution in [-0.2, 0) is 14.3 Å². The van der Waals surface area contributed by atoms with Crippen LogP contribution in [0.25, 0.3) is 16.6 Å². The lowest BCUT2D eigenvalue weighted by molar-refractivity contribution is -0.126. The summed E-state index contributed by atoms with van der Waals surface area (Å²) in [6, 6.07) is 7.33. The lowest BCUT2D eigenvalue weighted by Gasteiger charge is -2.37. The van der Waals surface area contributed by atoms with E-state index in [1.54, 1.807) is 11.0 Å². The third-order valence-corrected chi connectivity index (χ3v) is 7.43. The molecule has 3 fully saturated rings. The zero-order valence-electron chi connectivity index (χ0n) is 20.9. The van der Waals surface area contributed by atoms with Crippen molar-refractivity contribution in [3.05, 3.63) is 40.3 Å². The molecule has 1 N–H and O–H groups in total. The number of amides is 2. The predicted molar refractivity (Wildman–Crippen MR) is 133 cm³/mol. The first-order valence-corrected chi connectivity index (χ1v) is 12.5. The van der Waals surface area contributed by atoms with Crippen LogP contribution in [0.1, 0.15) is 51.6 Å². The average molecular weight is 494 g/mol. The summed E-state index contributed by atoms with van der Waals surface area (Å²) in [7, 11) is 0. The second-order valence-corrected chi connectivity index (χ2v) is 11.4. The maximum atomic E-state index is 13.0. The average Bonchev–Trinajstić information content (AvgIpc) is 3.36. The van der Waals surface area contributed by atoms with Crippen LogP contribution < -0.4 is 10.5 Å². The highest BCUT2D eigenvalue weighted by Crippen LogP contribution is 2.42. The SMILES string of the molecule is CC(C)(C)OC(=O)N1CCC(c2cc(=O)[nH]c3c4c(N5CC6(COC6)CC5=O)cccc4nn23)CC1. The fourth-order valence-electron chi connectivity index (χ4n) is 5.67. The van der Waals surface area contributed by atoms with Gasteiger partial charge in [-0.25, -0.2) is 9.31 Å². The number of aromatic nitrogens is 3. The molecule has 3 aliphatic rings. The second-order valence-electron chi connectivity index (χ2n) is 11.4. The Morgan fingerprint density at radius 2 is 1.94 bits per heavy atom. The predicted octanol–water partition coefficient (Wildman–Crippen LogP) is 3.04. The third kappa shape index (κ3) is 3.84. The van der Waals surface area contributed by atoms with E-state index in [-0.39, 0.29) is 28.9 Å². The van der Waals surface area contributed by atoms with Crippen molar-refractivity contribution in [1.82, 2.24) is 19.5 Å². The van der Waals surface area contributed by atoms with Crippen molar-refractivity contribution >= 4 is 34.2 Å². The number of carbonyl (C=O) groups is 2. The fourth-order valence-corrected chi connectivity index (χ4v) is 5.67. The number of hydrogen-bond acceptors (Lipinski definition) is 6. The number of carbonyl (C=O) groups excluding carboxylic acids is 2. The fraction of sp³-hybridized carbons (Fsp3) is 0.538. The molecule has 10 nitrogen and oxygen atoms in total. The number of ether oxygens (including phenoxy) is 2. The van der Waals surface area contributed by atoms with Crippen LogP contribution in [0.5, 0.6) is 0 Å². The van der Waals surface area contributed by atoms with Gasteiger partial charge in [0.1, 0.15) is 11.2 Å². The molecule has 190 valence electrons. The maximum absolute atomic E-state index is 13.0. The van der Waals surface area contributed by atoms with Crippen LogP contribution in [0.15, 0.2) is 29.1 Å². The molecule has 36 heavy (non-hydrogen) atoms. The molecule has 10 heteroatoms. The van der Waals surface area contributed by atoms with E-state index in [0.717, 1.165) is 22.3 Å². The van der Waals surface area contributed by atoms with Gasteiger partial charge in [-0.15, -0.1) is 0 Å². The van der Waals surface area contributed by atoms with Crippen LogP contribution in [0.3, 0.4) is 0 Å². The Morgan fingerprint density at radius 1 is 1.19 bits per heavy atom. The Labute approximate surface area is 208 Å². The normalized spacial score (nSPS) is 20.5. The van der Waals surface area contributed by atoms with Gasteiger partial charge in [-0.05, 0) is 45.7 Å². The highest BCUT2D eigenvalue weighted by atomic mass is 16.6. The van der Waals surface area contributed by atoms with E-state index in [1.165, 1.54) is 0 Å². The number of nitrogens with zero attached hydrogens (tertiary/aromatic N) is 4. The number of hydrogen-bond donors (Lipinski definition) is 1. The summed E-state index contributed by atoms with van der Waals surface area (Å²) in [5.74, 6) is 0.133. The van der Waals surface area contributed by atoms with Gasteiger partial charge in [0.2, 0.25) is 5.91 Å². The van der Waals surface area contributed by atoms with Crippen LogP contribution >= 0.6 is 0 Å². The van der Waals surface area contributed by atoms with Gasteiger partial charge in [0.05, 0.1) is 35.5 Å². The number of H-pyrrole nitrogens is 1. The van der Waals surface area contributed by atoms with Gasteiger partial charge in [-0.3, -0.25) is 9.59 Å². The van der Waals surface area contributed by atoms with Crippen molar-refractivity contribution in [2.75, 3.05) is 37.7 Å². The van der Waals surface area contributed by atoms with Crippen molar-refractivity contribution in [2.24, 2.45) is 5.41 Å². The quantitative estimate of drug-likeness (QED) is 0.588. The molecule has 3 saturated heterocycles. The first-order valence-electron chi connectivity index (χ1n) is 12.5. The molecule has 3 aliphatic heterocycles. The number of nitrogens with one attached hydrogen (secondary N) is 1. The summed E-state index contributed by atoms with van der Waals surface area (Å²) in [5, 5.41) is 5.61.